The van der Waals surface area contributed by atoms with E-state index in [-0.39, 0.29) is 5.69 Å². The molecule has 0 aliphatic rings. The van der Waals surface area contributed by atoms with Gasteiger partial charge in [0, 0.05) is 18.2 Å². The Morgan fingerprint density at radius 2 is 2.18 bits per heavy atom. The Morgan fingerprint density at radius 1 is 1.47 bits per heavy atom. The Kier molecular flexibility index (Phi) is 2.67. The fourth-order valence-corrected chi connectivity index (χ4v) is 1.63. The van der Waals surface area contributed by atoms with Crippen molar-refractivity contribution in [3.05, 3.63) is 41.6 Å². The molecule has 1 N–H and O–H groups in total. The van der Waals surface area contributed by atoms with Crippen LogP contribution in [-0.4, -0.2) is 20.9 Å². The topological polar surface area (TPSA) is 55.1 Å². The summed E-state index contributed by atoms with van der Waals surface area (Å²) in [7, 11) is 1.59. The number of carbonyl (C=O) groups is 1. The van der Waals surface area contributed by atoms with Gasteiger partial charge >= 0.3 is 5.97 Å². The van der Waals surface area contributed by atoms with E-state index >= 15 is 0 Å². The summed E-state index contributed by atoms with van der Waals surface area (Å²) in [6.07, 6.45) is 5.39. The molecule has 0 unspecified atom stereocenters. The third kappa shape index (κ3) is 1.91. The minimum absolute atomic E-state index is 0.131. The smallest absolute Gasteiger partial charge is 0.354 e. The summed E-state index contributed by atoms with van der Waals surface area (Å²) in [6, 6.07) is 8.80. The normalized spacial score (nSPS) is 9.88. The van der Waals surface area contributed by atoms with Crippen LogP contribution in [0.4, 0.5) is 0 Å². The highest BCUT2D eigenvalue weighted by molar-refractivity contribution is 5.87. The number of aromatic nitrogens is 2. The summed E-state index contributed by atoms with van der Waals surface area (Å²) in [5, 5.41) is 13.1. The molecule has 0 aliphatic heterocycles. The van der Waals surface area contributed by atoms with E-state index in [1.165, 1.54) is 10.7 Å². The van der Waals surface area contributed by atoms with Crippen molar-refractivity contribution in [1.29, 1.82) is 0 Å². The SMILES string of the molecule is C#Cc1ccccc1-c1cc(C(=O)O)n(C)n1. The van der Waals surface area contributed by atoms with Crippen molar-refractivity contribution in [3.63, 3.8) is 0 Å². The number of terminal acetylenes is 1. The van der Waals surface area contributed by atoms with Crippen LogP contribution in [-0.2, 0) is 7.05 Å². The Labute approximate surface area is 98.5 Å². The maximum atomic E-state index is 10.9. The maximum absolute atomic E-state index is 10.9. The van der Waals surface area contributed by atoms with E-state index in [0.29, 0.717) is 11.3 Å². The van der Waals surface area contributed by atoms with Crippen molar-refractivity contribution in [2.45, 2.75) is 0 Å². The molecule has 1 aromatic carbocycles. The summed E-state index contributed by atoms with van der Waals surface area (Å²) in [4.78, 5) is 10.9. The van der Waals surface area contributed by atoms with Crippen LogP contribution in [0.25, 0.3) is 11.3 Å². The molecule has 0 amide bonds. The minimum Gasteiger partial charge on any atom is -0.477 e. The van der Waals surface area contributed by atoms with Gasteiger partial charge in [-0.2, -0.15) is 5.10 Å². The van der Waals surface area contributed by atoms with Crippen LogP contribution in [0.1, 0.15) is 16.1 Å². The average Bonchev–Trinajstić information content (AvgIpc) is 2.71. The lowest BCUT2D eigenvalue weighted by Crippen LogP contribution is -2.04. The monoisotopic (exact) mass is 226 g/mol. The van der Waals surface area contributed by atoms with Crippen molar-refractivity contribution in [2.75, 3.05) is 0 Å². The number of hydrogen-bond acceptors (Lipinski definition) is 2. The minimum atomic E-state index is -1.01. The van der Waals surface area contributed by atoms with Gasteiger partial charge in [0.25, 0.3) is 0 Å². The van der Waals surface area contributed by atoms with Gasteiger partial charge < -0.3 is 5.11 Å². The fraction of sp³-hybridized carbons (Fsp3) is 0.0769. The summed E-state index contributed by atoms with van der Waals surface area (Å²) < 4.78 is 1.32. The predicted molar refractivity (Wildman–Crippen MR) is 63.5 cm³/mol. The van der Waals surface area contributed by atoms with Gasteiger partial charge in [0.05, 0.1) is 5.69 Å². The van der Waals surface area contributed by atoms with E-state index in [0.717, 1.165) is 5.56 Å². The summed E-state index contributed by atoms with van der Waals surface area (Å²) in [5.41, 5.74) is 2.16. The quantitative estimate of drug-likeness (QED) is 0.794. The number of hydrogen-bond donors (Lipinski definition) is 1. The fourth-order valence-electron chi connectivity index (χ4n) is 1.63. The van der Waals surface area contributed by atoms with Crippen LogP contribution in [0, 0.1) is 12.3 Å². The summed E-state index contributed by atoms with van der Waals surface area (Å²) in [5.74, 6) is 1.55. The molecule has 0 saturated carbocycles. The molecule has 4 heteroatoms. The molecule has 84 valence electrons. The van der Waals surface area contributed by atoms with Gasteiger partial charge in [-0.15, -0.1) is 6.42 Å². The van der Waals surface area contributed by atoms with Crippen molar-refractivity contribution in [2.24, 2.45) is 7.05 Å². The van der Waals surface area contributed by atoms with Crippen molar-refractivity contribution >= 4 is 5.97 Å². The highest BCUT2D eigenvalue weighted by Gasteiger charge is 2.14. The van der Waals surface area contributed by atoms with Gasteiger partial charge in [-0.25, -0.2) is 4.79 Å². The second kappa shape index (κ2) is 4.14. The number of aryl methyl sites for hydroxylation is 1. The molecular formula is C13H10N2O2. The molecule has 0 spiro atoms. The standard InChI is InChI=1S/C13H10N2O2/c1-3-9-6-4-5-7-10(9)11-8-12(13(16)17)15(2)14-11/h1,4-8H,2H3,(H,16,17). The molecule has 0 saturated heterocycles. The summed E-state index contributed by atoms with van der Waals surface area (Å²) >= 11 is 0. The van der Waals surface area contributed by atoms with Crippen LogP contribution in [0.15, 0.2) is 30.3 Å². The Hall–Kier alpha value is -2.54. The lowest BCUT2D eigenvalue weighted by molar-refractivity contribution is 0.0685. The highest BCUT2D eigenvalue weighted by Crippen LogP contribution is 2.22. The molecule has 1 heterocycles. The largest absolute Gasteiger partial charge is 0.477 e. The van der Waals surface area contributed by atoms with Gasteiger partial charge in [0.2, 0.25) is 0 Å². The van der Waals surface area contributed by atoms with Crippen LogP contribution >= 0.6 is 0 Å². The predicted octanol–water partition coefficient (Wildman–Crippen LogP) is 1.77. The highest BCUT2D eigenvalue weighted by atomic mass is 16.4. The number of aromatic carboxylic acids is 1. The average molecular weight is 226 g/mol. The number of nitrogens with zero attached hydrogens (tertiary/aromatic N) is 2. The lowest BCUT2D eigenvalue weighted by Gasteiger charge is -1.99. The Balaban J connectivity index is 2.58. The van der Waals surface area contributed by atoms with Gasteiger partial charge in [-0.3, -0.25) is 4.68 Å². The van der Waals surface area contributed by atoms with Crippen molar-refractivity contribution < 1.29 is 9.90 Å². The molecule has 0 fully saturated rings. The molecule has 17 heavy (non-hydrogen) atoms. The zero-order valence-corrected chi connectivity index (χ0v) is 9.21. The Morgan fingerprint density at radius 3 is 2.76 bits per heavy atom. The third-order valence-electron chi connectivity index (χ3n) is 2.46. The molecule has 0 aliphatic carbocycles. The molecule has 0 bridgehead atoms. The van der Waals surface area contributed by atoms with Gasteiger partial charge in [0.1, 0.15) is 5.69 Å². The first kappa shape index (κ1) is 11.0. The zero-order valence-electron chi connectivity index (χ0n) is 9.21. The number of carboxylic acid groups (broad SMARTS) is 1. The molecule has 0 radical (unpaired) electrons. The third-order valence-corrected chi connectivity index (χ3v) is 2.46. The molecule has 2 aromatic rings. The Bertz CT molecular complexity index is 621. The van der Waals surface area contributed by atoms with E-state index in [4.69, 9.17) is 11.5 Å². The molecule has 2 rings (SSSR count). The van der Waals surface area contributed by atoms with E-state index in [2.05, 4.69) is 11.0 Å². The number of benzene rings is 1. The van der Waals surface area contributed by atoms with Crippen molar-refractivity contribution in [1.82, 2.24) is 9.78 Å². The van der Waals surface area contributed by atoms with Gasteiger partial charge in [-0.05, 0) is 12.1 Å². The van der Waals surface area contributed by atoms with Crippen LogP contribution < -0.4 is 0 Å². The second-order valence-electron chi connectivity index (χ2n) is 3.53. The van der Waals surface area contributed by atoms with Crippen molar-refractivity contribution in [3.8, 4) is 23.6 Å². The number of carboxylic acids is 1. The lowest BCUT2D eigenvalue weighted by atomic mass is 10.1. The summed E-state index contributed by atoms with van der Waals surface area (Å²) in [6.45, 7) is 0. The van der Waals surface area contributed by atoms with Gasteiger partial charge in [-0.1, -0.05) is 24.1 Å². The zero-order chi connectivity index (χ0) is 12.4. The first-order valence-electron chi connectivity index (χ1n) is 4.97. The molecule has 4 nitrogen and oxygen atoms in total. The maximum Gasteiger partial charge on any atom is 0.354 e. The first-order valence-corrected chi connectivity index (χ1v) is 4.97. The first-order chi connectivity index (χ1) is 8.13. The second-order valence-corrected chi connectivity index (χ2v) is 3.53. The van der Waals surface area contributed by atoms with E-state index < -0.39 is 5.97 Å². The number of rotatable bonds is 2. The van der Waals surface area contributed by atoms with Crippen LogP contribution in [0.3, 0.4) is 0 Å². The molecular weight excluding hydrogens is 216 g/mol. The molecule has 0 atom stereocenters. The van der Waals surface area contributed by atoms with E-state index in [1.807, 2.05) is 18.2 Å². The van der Waals surface area contributed by atoms with Crippen LogP contribution in [0.5, 0.6) is 0 Å². The van der Waals surface area contributed by atoms with E-state index in [1.54, 1.807) is 13.1 Å². The van der Waals surface area contributed by atoms with Crippen LogP contribution in [0.2, 0.25) is 0 Å². The van der Waals surface area contributed by atoms with E-state index in [9.17, 15) is 4.79 Å². The molecule has 1 aromatic heterocycles. The van der Waals surface area contributed by atoms with Gasteiger partial charge in [0.15, 0.2) is 0 Å².